The molecule has 0 fully saturated rings. The number of ether oxygens (including phenoxy) is 2. The summed E-state index contributed by atoms with van der Waals surface area (Å²) in [5, 5.41) is 0. The summed E-state index contributed by atoms with van der Waals surface area (Å²) in [7, 11) is 1.63. The van der Waals surface area contributed by atoms with Crippen LogP contribution in [0.1, 0.15) is 51.0 Å². The molecular formula is C17H26O2. The van der Waals surface area contributed by atoms with Crippen LogP contribution in [0.3, 0.4) is 0 Å². The maximum absolute atomic E-state index is 5.71. The summed E-state index contributed by atoms with van der Waals surface area (Å²) < 4.78 is 10.8. The van der Waals surface area contributed by atoms with Crippen LogP contribution in [0.25, 0.3) is 5.76 Å². The van der Waals surface area contributed by atoms with Gasteiger partial charge in [0.15, 0.2) is 0 Å². The Balaban J connectivity index is 2.18. The van der Waals surface area contributed by atoms with Crippen molar-refractivity contribution in [3.05, 3.63) is 36.4 Å². The van der Waals surface area contributed by atoms with Gasteiger partial charge in [0.05, 0.1) is 13.7 Å². The van der Waals surface area contributed by atoms with Gasteiger partial charge in [-0.3, -0.25) is 0 Å². The average molecular weight is 262 g/mol. The quantitative estimate of drug-likeness (QED) is 0.434. The molecule has 0 bridgehead atoms. The van der Waals surface area contributed by atoms with E-state index >= 15 is 0 Å². The Bertz CT molecular complexity index is 354. The molecule has 0 spiro atoms. The lowest BCUT2D eigenvalue weighted by atomic mass is 10.1. The Morgan fingerprint density at radius 2 is 1.63 bits per heavy atom. The summed E-state index contributed by atoms with van der Waals surface area (Å²) in [6.07, 6.45) is 7.73. The van der Waals surface area contributed by atoms with E-state index in [4.69, 9.17) is 9.47 Å². The zero-order valence-electron chi connectivity index (χ0n) is 12.3. The third kappa shape index (κ3) is 6.32. The molecule has 106 valence electrons. The summed E-state index contributed by atoms with van der Waals surface area (Å²) in [5.41, 5.74) is 0.995. The lowest BCUT2D eigenvalue weighted by Gasteiger charge is -2.08. The van der Waals surface area contributed by atoms with Gasteiger partial charge in [0.2, 0.25) is 0 Å². The Kier molecular flexibility index (Phi) is 7.80. The first-order valence-corrected chi connectivity index (χ1v) is 7.24. The molecule has 2 heteroatoms. The van der Waals surface area contributed by atoms with Crippen molar-refractivity contribution >= 4 is 5.76 Å². The fraction of sp³-hybridized carbons (Fsp3) is 0.529. The van der Waals surface area contributed by atoms with Crippen LogP contribution in [0.5, 0.6) is 5.75 Å². The van der Waals surface area contributed by atoms with Gasteiger partial charge >= 0.3 is 0 Å². The minimum atomic E-state index is 0.683. The fourth-order valence-corrected chi connectivity index (χ4v) is 1.93. The topological polar surface area (TPSA) is 18.5 Å². The highest BCUT2D eigenvalue weighted by atomic mass is 16.5. The number of methoxy groups -OCH3 is 1. The first-order chi connectivity index (χ1) is 9.27. The van der Waals surface area contributed by atoms with Crippen molar-refractivity contribution in [1.29, 1.82) is 0 Å². The van der Waals surface area contributed by atoms with Crippen LogP contribution in [-0.4, -0.2) is 13.7 Å². The van der Waals surface area contributed by atoms with Crippen LogP contribution >= 0.6 is 0 Å². The molecule has 0 atom stereocenters. The summed E-state index contributed by atoms with van der Waals surface area (Å²) in [4.78, 5) is 0. The summed E-state index contributed by atoms with van der Waals surface area (Å²) in [6.45, 7) is 6.86. The van der Waals surface area contributed by atoms with E-state index in [1.54, 1.807) is 7.11 Å². The minimum absolute atomic E-state index is 0.683. The Morgan fingerprint density at radius 1 is 1.00 bits per heavy atom. The molecule has 0 heterocycles. The summed E-state index contributed by atoms with van der Waals surface area (Å²) in [6, 6.07) is 7.89. The number of hydrogen-bond donors (Lipinski definition) is 0. The number of benzene rings is 1. The molecule has 0 unspecified atom stereocenters. The maximum atomic E-state index is 5.71. The van der Waals surface area contributed by atoms with Crippen molar-refractivity contribution in [2.75, 3.05) is 13.7 Å². The minimum Gasteiger partial charge on any atom is -0.497 e. The van der Waals surface area contributed by atoms with E-state index in [-0.39, 0.29) is 0 Å². The molecule has 0 aromatic heterocycles. The Labute approximate surface area is 117 Å². The van der Waals surface area contributed by atoms with Gasteiger partial charge in [0, 0.05) is 5.56 Å². The molecule has 0 aliphatic heterocycles. The maximum Gasteiger partial charge on any atom is 0.119 e. The first-order valence-electron chi connectivity index (χ1n) is 7.24. The number of unbranched alkanes of at least 4 members (excludes halogenated alkanes) is 5. The predicted molar refractivity (Wildman–Crippen MR) is 81.4 cm³/mol. The van der Waals surface area contributed by atoms with Crippen molar-refractivity contribution < 1.29 is 9.47 Å². The molecule has 1 aromatic rings. The second-order valence-corrected chi connectivity index (χ2v) is 4.77. The Hall–Kier alpha value is -1.44. The van der Waals surface area contributed by atoms with E-state index in [1.165, 1.54) is 32.1 Å². The van der Waals surface area contributed by atoms with Crippen molar-refractivity contribution in [3.63, 3.8) is 0 Å². The molecule has 0 aliphatic rings. The second kappa shape index (κ2) is 9.48. The highest BCUT2D eigenvalue weighted by Crippen LogP contribution is 2.18. The molecule has 0 N–H and O–H groups in total. The molecule has 0 amide bonds. The standard InChI is InChI=1S/C17H26O2/c1-4-5-6-7-8-9-14-19-17-12-10-16(11-13-17)15(2)18-3/h10-13H,2,4-9,14H2,1,3H3. The van der Waals surface area contributed by atoms with Gasteiger partial charge in [0.25, 0.3) is 0 Å². The zero-order chi connectivity index (χ0) is 13.9. The van der Waals surface area contributed by atoms with Gasteiger partial charge < -0.3 is 9.47 Å². The SMILES string of the molecule is C=C(OC)c1ccc(OCCCCCCCC)cc1. The van der Waals surface area contributed by atoms with Crippen LogP contribution in [0.15, 0.2) is 30.8 Å². The molecule has 0 aliphatic carbocycles. The largest absolute Gasteiger partial charge is 0.497 e. The normalized spacial score (nSPS) is 10.2. The van der Waals surface area contributed by atoms with Crippen LogP contribution in [0.2, 0.25) is 0 Å². The van der Waals surface area contributed by atoms with E-state index < -0.39 is 0 Å². The van der Waals surface area contributed by atoms with Crippen molar-refractivity contribution in [1.82, 2.24) is 0 Å². The summed E-state index contributed by atoms with van der Waals surface area (Å²) in [5.74, 6) is 1.60. The molecule has 1 aromatic carbocycles. The van der Waals surface area contributed by atoms with Gasteiger partial charge in [-0.2, -0.15) is 0 Å². The zero-order valence-corrected chi connectivity index (χ0v) is 12.3. The van der Waals surface area contributed by atoms with Crippen LogP contribution in [-0.2, 0) is 4.74 Å². The lowest BCUT2D eigenvalue weighted by Crippen LogP contribution is -1.97. The molecule has 1 rings (SSSR count). The number of rotatable bonds is 10. The predicted octanol–water partition coefficient (Wildman–Crippen LogP) is 5.04. The van der Waals surface area contributed by atoms with Gasteiger partial charge in [-0.05, 0) is 30.7 Å². The first kappa shape index (κ1) is 15.6. The van der Waals surface area contributed by atoms with Gasteiger partial charge in [-0.25, -0.2) is 0 Å². The molecule has 19 heavy (non-hydrogen) atoms. The van der Waals surface area contributed by atoms with Crippen LogP contribution in [0.4, 0.5) is 0 Å². The van der Waals surface area contributed by atoms with Crippen molar-refractivity contribution in [3.8, 4) is 5.75 Å². The smallest absolute Gasteiger partial charge is 0.119 e. The highest BCUT2D eigenvalue weighted by Gasteiger charge is 1.99. The summed E-state index contributed by atoms with van der Waals surface area (Å²) >= 11 is 0. The van der Waals surface area contributed by atoms with Gasteiger partial charge in [-0.15, -0.1) is 0 Å². The Morgan fingerprint density at radius 3 is 2.26 bits per heavy atom. The van der Waals surface area contributed by atoms with Crippen molar-refractivity contribution in [2.45, 2.75) is 45.4 Å². The van der Waals surface area contributed by atoms with E-state index in [0.29, 0.717) is 5.76 Å². The van der Waals surface area contributed by atoms with Gasteiger partial charge in [-0.1, -0.05) is 45.6 Å². The molecule has 2 nitrogen and oxygen atoms in total. The fourth-order valence-electron chi connectivity index (χ4n) is 1.93. The third-order valence-corrected chi connectivity index (χ3v) is 3.19. The molecule has 0 saturated heterocycles. The van der Waals surface area contributed by atoms with E-state index in [2.05, 4.69) is 13.5 Å². The average Bonchev–Trinajstić information content (AvgIpc) is 2.46. The molecule has 0 saturated carbocycles. The monoisotopic (exact) mass is 262 g/mol. The molecule has 0 radical (unpaired) electrons. The van der Waals surface area contributed by atoms with E-state index in [1.807, 2.05) is 24.3 Å². The highest BCUT2D eigenvalue weighted by molar-refractivity contribution is 5.57. The van der Waals surface area contributed by atoms with Gasteiger partial charge in [0.1, 0.15) is 11.5 Å². The van der Waals surface area contributed by atoms with Crippen LogP contribution in [0, 0.1) is 0 Å². The van der Waals surface area contributed by atoms with Crippen molar-refractivity contribution in [2.24, 2.45) is 0 Å². The van der Waals surface area contributed by atoms with Crippen LogP contribution < -0.4 is 4.74 Å². The molecular weight excluding hydrogens is 236 g/mol. The second-order valence-electron chi connectivity index (χ2n) is 4.77. The third-order valence-electron chi connectivity index (χ3n) is 3.19. The number of hydrogen-bond acceptors (Lipinski definition) is 2. The van der Waals surface area contributed by atoms with E-state index in [9.17, 15) is 0 Å². The van der Waals surface area contributed by atoms with E-state index in [0.717, 1.165) is 24.3 Å². The lowest BCUT2D eigenvalue weighted by molar-refractivity contribution is 0.304.